The Morgan fingerprint density at radius 3 is 0.769 bits per heavy atom. The van der Waals surface area contributed by atoms with E-state index in [-0.39, 0.29) is 36.6 Å². The number of hydrogen-bond donors (Lipinski definition) is 0. The van der Waals surface area contributed by atoms with E-state index in [0.29, 0.717) is 4.48 Å². The standard InChI is InChI=1S/C24H36N.ClH/c1-9-17-21(13-5)25(22(14-6)18-10-2,23(15-7)19-11-3)24(16-8)20-12-4;/h9-16,21-24H,1-8,17-20H2;1H/q+1;/p-1. The highest BCUT2D eigenvalue weighted by atomic mass is 35.5. The lowest BCUT2D eigenvalue weighted by molar-refractivity contribution is -0.992. The summed E-state index contributed by atoms with van der Waals surface area (Å²) in [5.41, 5.74) is 0. The molecule has 1 nitrogen and oxygen atoms in total. The fraction of sp³-hybridized carbons (Fsp3) is 0.333. The molecule has 0 aromatic heterocycles. The lowest BCUT2D eigenvalue weighted by Crippen LogP contribution is -3.00. The smallest absolute Gasteiger partial charge is 0.112 e. The highest BCUT2D eigenvalue weighted by molar-refractivity contribution is 5.04. The molecule has 0 aliphatic carbocycles. The molecule has 2 heteroatoms. The minimum Gasteiger partial charge on any atom is -1.00 e. The fourth-order valence-electron chi connectivity index (χ4n) is 4.00. The molecule has 4 unspecified atom stereocenters. The Bertz CT molecular complexity index is 409. The Hall–Kier alpha value is -1.83. The van der Waals surface area contributed by atoms with Gasteiger partial charge in [-0.25, -0.2) is 0 Å². The number of quaternary nitrogens is 1. The Kier molecular flexibility index (Phi) is 14.6. The molecular formula is C24H36ClN. The van der Waals surface area contributed by atoms with Crippen molar-refractivity contribution in [2.75, 3.05) is 0 Å². The fourth-order valence-corrected chi connectivity index (χ4v) is 4.00. The molecule has 0 N–H and O–H groups in total. The van der Waals surface area contributed by atoms with Gasteiger partial charge in [0, 0.05) is 25.7 Å². The molecular weight excluding hydrogens is 338 g/mol. The van der Waals surface area contributed by atoms with Crippen molar-refractivity contribution in [3.63, 3.8) is 0 Å². The molecule has 0 radical (unpaired) electrons. The molecule has 0 spiro atoms. The van der Waals surface area contributed by atoms with Gasteiger partial charge in [-0.2, -0.15) is 0 Å². The predicted molar refractivity (Wildman–Crippen MR) is 115 cm³/mol. The summed E-state index contributed by atoms with van der Waals surface area (Å²) in [6.45, 7) is 32.4. The van der Waals surface area contributed by atoms with Crippen LogP contribution >= 0.6 is 0 Å². The van der Waals surface area contributed by atoms with Crippen LogP contribution < -0.4 is 12.4 Å². The summed E-state index contributed by atoms with van der Waals surface area (Å²) < 4.78 is 0.704. The van der Waals surface area contributed by atoms with Crippen LogP contribution in [0.4, 0.5) is 0 Å². The van der Waals surface area contributed by atoms with Gasteiger partial charge >= 0.3 is 0 Å². The number of halogens is 1. The first-order chi connectivity index (χ1) is 12.1. The second-order valence-electron chi connectivity index (χ2n) is 6.20. The summed E-state index contributed by atoms with van der Waals surface area (Å²) in [7, 11) is 0. The first-order valence-electron chi connectivity index (χ1n) is 8.90. The average molecular weight is 374 g/mol. The van der Waals surface area contributed by atoms with Crippen LogP contribution in [0.25, 0.3) is 0 Å². The molecule has 0 aliphatic heterocycles. The highest BCUT2D eigenvalue weighted by Gasteiger charge is 2.49. The van der Waals surface area contributed by atoms with E-state index in [1.54, 1.807) is 0 Å². The van der Waals surface area contributed by atoms with Gasteiger partial charge < -0.3 is 12.4 Å². The van der Waals surface area contributed by atoms with Crippen LogP contribution in [0.2, 0.25) is 0 Å². The summed E-state index contributed by atoms with van der Waals surface area (Å²) >= 11 is 0. The summed E-state index contributed by atoms with van der Waals surface area (Å²) in [4.78, 5) is 0. The lowest BCUT2D eigenvalue weighted by Gasteiger charge is -2.56. The van der Waals surface area contributed by atoms with Crippen LogP contribution in [0.1, 0.15) is 25.7 Å². The van der Waals surface area contributed by atoms with Crippen LogP contribution in [0.3, 0.4) is 0 Å². The van der Waals surface area contributed by atoms with E-state index in [4.69, 9.17) is 0 Å². The maximum absolute atomic E-state index is 4.13. The minimum absolute atomic E-state index is 0. The third-order valence-corrected chi connectivity index (χ3v) is 5.02. The molecule has 4 atom stereocenters. The summed E-state index contributed by atoms with van der Waals surface area (Å²) in [6, 6.07) is 0.579. The van der Waals surface area contributed by atoms with Crippen molar-refractivity contribution in [1.82, 2.24) is 0 Å². The van der Waals surface area contributed by atoms with Crippen molar-refractivity contribution in [3.05, 3.63) is 101 Å². The molecule has 0 rings (SSSR count). The quantitative estimate of drug-likeness (QED) is 0.287. The monoisotopic (exact) mass is 373 g/mol. The molecule has 0 heterocycles. The number of hydrogen-bond acceptors (Lipinski definition) is 0. The molecule has 26 heavy (non-hydrogen) atoms. The SMILES string of the molecule is C=CCC(C=C)[N+](C(C=C)CC=C)(C(C=C)CC=C)C(C=C)CC=C.[Cl-]. The second-order valence-corrected chi connectivity index (χ2v) is 6.20. The Morgan fingerprint density at radius 1 is 0.462 bits per heavy atom. The van der Waals surface area contributed by atoms with Gasteiger partial charge in [0.25, 0.3) is 0 Å². The van der Waals surface area contributed by atoms with Crippen molar-refractivity contribution in [2.24, 2.45) is 0 Å². The van der Waals surface area contributed by atoms with Crippen molar-refractivity contribution in [3.8, 4) is 0 Å². The van der Waals surface area contributed by atoms with E-state index in [0.717, 1.165) is 25.7 Å². The lowest BCUT2D eigenvalue weighted by atomic mass is 9.89. The number of rotatable bonds is 16. The van der Waals surface area contributed by atoms with E-state index in [1.165, 1.54) is 0 Å². The van der Waals surface area contributed by atoms with E-state index in [9.17, 15) is 0 Å². The Labute approximate surface area is 168 Å². The normalized spacial score (nSPS) is 16.9. The van der Waals surface area contributed by atoms with Crippen molar-refractivity contribution < 1.29 is 16.9 Å². The maximum atomic E-state index is 4.13. The molecule has 0 aliphatic rings. The van der Waals surface area contributed by atoms with Crippen molar-refractivity contribution >= 4 is 0 Å². The molecule has 0 fully saturated rings. The zero-order valence-corrected chi connectivity index (χ0v) is 17.0. The van der Waals surface area contributed by atoms with Crippen molar-refractivity contribution in [1.29, 1.82) is 0 Å². The molecule has 0 aromatic rings. The first kappa shape index (κ1) is 26.4. The van der Waals surface area contributed by atoms with E-state index < -0.39 is 0 Å². The van der Waals surface area contributed by atoms with Gasteiger partial charge in [0.15, 0.2) is 0 Å². The summed E-state index contributed by atoms with van der Waals surface area (Å²) in [6.07, 6.45) is 19.2. The highest BCUT2D eigenvalue weighted by Crippen LogP contribution is 2.38. The Morgan fingerprint density at radius 2 is 0.654 bits per heavy atom. The second kappa shape index (κ2) is 14.4. The van der Waals surface area contributed by atoms with Gasteiger partial charge in [0.2, 0.25) is 0 Å². The molecule has 144 valence electrons. The van der Waals surface area contributed by atoms with Crippen LogP contribution in [-0.4, -0.2) is 28.7 Å². The molecule has 0 bridgehead atoms. The Balaban J connectivity index is 0. The third kappa shape index (κ3) is 5.59. The third-order valence-electron chi connectivity index (χ3n) is 5.02. The van der Waals surface area contributed by atoms with Crippen LogP contribution in [-0.2, 0) is 0 Å². The first-order valence-corrected chi connectivity index (χ1v) is 8.90. The largest absolute Gasteiger partial charge is 1.00 e. The van der Waals surface area contributed by atoms with Gasteiger partial charge in [-0.05, 0) is 24.3 Å². The molecule has 0 amide bonds. The average Bonchev–Trinajstić information content (AvgIpc) is 2.63. The topological polar surface area (TPSA) is 0 Å². The van der Waals surface area contributed by atoms with Gasteiger partial charge in [-0.1, -0.05) is 50.6 Å². The van der Waals surface area contributed by atoms with Gasteiger partial charge in [-0.15, -0.1) is 26.3 Å². The van der Waals surface area contributed by atoms with E-state index in [1.807, 2.05) is 48.6 Å². The van der Waals surface area contributed by atoms with Crippen LogP contribution in [0.5, 0.6) is 0 Å². The summed E-state index contributed by atoms with van der Waals surface area (Å²) in [5, 5.41) is 0. The van der Waals surface area contributed by atoms with Crippen molar-refractivity contribution in [2.45, 2.75) is 49.9 Å². The van der Waals surface area contributed by atoms with Gasteiger partial charge in [-0.3, -0.25) is 4.48 Å². The zero-order chi connectivity index (χ0) is 19.3. The number of nitrogens with zero attached hydrogens (tertiary/aromatic N) is 1. The van der Waals surface area contributed by atoms with E-state index >= 15 is 0 Å². The molecule has 0 saturated carbocycles. The molecule has 0 saturated heterocycles. The van der Waals surface area contributed by atoms with Crippen LogP contribution in [0, 0.1) is 0 Å². The van der Waals surface area contributed by atoms with Crippen LogP contribution in [0.15, 0.2) is 101 Å². The predicted octanol–water partition coefficient (Wildman–Crippen LogP) is 3.33. The summed E-state index contributed by atoms with van der Waals surface area (Å²) in [5.74, 6) is 0. The van der Waals surface area contributed by atoms with E-state index in [2.05, 4.69) is 52.6 Å². The molecule has 0 aromatic carbocycles. The minimum atomic E-state index is 0. The van der Waals surface area contributed by atoms with Gasteiger partial charge in [0.05, 0.1) is 0 Å². The maximum Gasteiger partial charge on any atom is 0.112 e. The zero-order valence-electron chi connectivity index (χ0n) is 16.2. The van der Waals surface area contributed by atoms with Gasteiger partial charge in [0.1, 0.15) is 24.2 Å².